The molecule has 0 unspecified atom stereocenters. The smallest absolute Gasteiger partial charge is 0.193 e. The molecule has 0 radical (unpaired) electrons. The molecule has 0 bridgehead atoms. The molecule has 2 aromatic heterocycles. The fourth-order valence-corrected chi connectivity index (χ4v) is 3.02. The molecule has 0 spiro atoms. The zero-order valence-electron chi connectivity index (χ0n) is 9.09. The first-order chi connectivity index (χ1) is 7.68. The van der Waals surface area contributed by atoms with Gasteiger partial charge in [-0.1, -0.05) is 0 Å². The van der Waals surface area contributed by atoms with Crippen LogP contribution in [0.2, 0.25) is 0 Å². The van der Waals surface area contributed by atoms with E-state index in [0.717, 1.165) is 10.7 Å². The van der Waals surface area contributed by atoms with Gasteiger partial charge >= 0.3 is 0 Å². The number of ether oxygens (including phenoxy) is 1. The van der Waals surface area contributed by atoms with Crippen molar-refractivity contribution >= 4 is 16.3 Å². The SMILES string of the molecule is COC1CC(O)(Cc2cn3ccsc3n2)C1. The summed E-state index contributed by atoms with van der Waals surface area (Å²) in [4.78, 5) is 5.46. The van der Waals surface area contributed by atoms with Crippen molar-refractivity contribution in [2.75, 3.05) is 7.11 Å². The minimum Gasteiger partial charge on any atom is -0.389 e. The highest BCUT2D eigenvalue weighted by molar-refractivity contribution is 7.15. The van der Waals surface area contributed by atoms with Crippen molar-refractivity contribution < 1.29 is 9.84 Å². The van der Waals surface area contributed by atoms with E-state index in [1.807, 2.05) is 22.2 Å². The molecular formula is C11H14N2O2S. The molecule has 2 aromatic rings. The Balaban J connectivity index is 1.73. The predicted molar refractivity (Wildman–Crippen MR) is 61.8 cm³/mol. The first-order valence-electron chi connectivity index (χ1n) is 5.35. The maximum atomic E-state index is 10.2. The molecule has 3 rings (SSSR count). The van der Waals surface area contributed by atoms with Crippen molar-refractivity contribution in [2.45, 2.75) is 31.0 Å². The second-order valence-electron chi connectivity index (χ2n) is 4.49. The lowest BCUT2D eigenvalue weighted by Gasteiger charge is -2.42. The standard InChI is InChI=1S/C11H14N2O2S/c1-15-9-5-11(14,6-9)4-8-7-13-2-3-16-10(13)12-8/h2-3,7,9,14H,4-6H2,1H3. The van der Waals surface area contributed by atoms with Gasteiger partial charge in [-0.2, -0.15) is 0 Å². The van der Waals surface area contributed by atoms with Crippen LogP contribution in [0.5, 0.6) is 0 Å². The summed E-state index contributed by atoms with van der Waals surface area (Å²) in [6, 6.07) is 0. The van der Waals surface area contributed by atoms with Gasteiger partial charge < -0.3 is 9.84 Å². The largest absolute Gasteiger partial charge is 0.389 e. The summed E-state index contributed by atoms with van der Waals surface area (Å²) in [5.74, 6) is 0. The maximum Gasteiger partial charge on any atom is 0.193 e. The zero-order valence-corrected chi connectivity index (χ0v) is 9.91. The third-order valence-corrected chi connectivity index (χ3v) is 3.97. The van der Waals surface area contributed by atoms with Crippen molar-refractivity contribution in [1.29, 1.82) is 0 Å². The lowest BCUT2D eigenvalue weighted by atomic mass is 9.74. The van der Waals surface area contributed by atoms with E-state index in [4.69, 9.17) is 4.74 Å². The van der Waals surface area contributed by atoms with Crippen molar-refractivity contribution in [1.82, 2.24) is 9.38 Å². The van der Waals surface area contributed by atoms with Gasteiger partial charge in [-0.15, -0.1) is 11.3 Å². The monoisotopic (exact) mass is 238 g/mol. The molecule has 2 heterocycles. The molecule has 0 aliphatic heterocycles. The molecule has 1 aliphatic rings. The number of aromatic nitrogens is 2. The van der Waals surface area contributed by atoms with Gasteiger partial charge in [0.05, 0.1) is 17.4 Å². The topological polar surface area (TPSA) is 46.8 Å². The van der Waals surface area contributed by atoms with E-state index in [1.165, 1.54) is 0 Å². The van der Waals surface area contributed by atoms with Crippen LogP contribution in [0.4, 0.5) is 0 Å². The molecule has 0 saturated heterocycles. The first kappa shape index (κ1) is 10.3. The van der Waals surface area contributed by atoms with E-state index < -0.39 is 5.60 Å². The van der Waals surface area contributed by atoms with Gasteiger partial charge in [0.1, 0.15) is 0 Å². The lowest BCUT2D eigenvalue weighted by molar-refractivity contribution is -0.126. The molecule has 5 heteroatoms. The number of thiazole rings is 1. The Labute approximate surface area is 97.5 Å². The Morgan fingerprint density at radius 1 is 1.69 bits per heavy atom. The fourth-order valence-electron chi connectivity index (χ4n) is 2.30. The zero-order chi connectivity index (χ0) is 11.2. The fraction of sp³-hybridized carbons (Fsp3) is 0.545. The molecule has 1 N–H and O–H groups in total. The lowest BCUT2D eigenvalue weighted by Crippen LogP contribution is -2.49. The number of hydrogen-bond donors (Lipinski definition) is 1. The van der Waals surface area contributed by atoms with Crippen LogP contribution in [0.1, 0.15) is 18.5 Å². The number of aliphatic hydroxyl groups is 1. The predicted octanol–water partition coefficient (Wildman–Crippen LogP) is 1.48. The Bertz CT molecular complexity index is 470. The number of nitrogens with zero attached hydrogens (tertiary/aromatic N) is 2. The third kappa shape index (κ3) is 1.65. The Hall–Kier alpha value is -0.910. The summed E-state index contributed by atoms with van der Waals surface area (Å²) in [5.41, 5.74) is 0.356. The van der Waals surface area contributed by atoms with Gasteiger partial charge in [-0.05, 0) is 0 Å². The maximum absolute atomic E-state index is 10.2. The Kier molecular flexibility index (Phi) is 2.27. The summed E-state index contributed by atoms with van der Waals surface area (Å²) in [7, 11) is 1.69. The summed E-state index contributed by atoms with van der Waals surface area (Å²) in [5, 5.41) is 12.2. The van der Waals surface area contributed by atoms with Gasteiger partial charge in [0.15, 0.2) is 4.96 Å². The average molecular weight is 238 g/mol. The van der Waals surface area contributed by atoms with Crippen LogP contribution in [0.25, 0.3) is 4.96 Å². The van der Waals surface area contributed by atoms with Crippen LogP contribution in [0.15, 0.2) is 17.8 Å². The van der Waals surface area contributed by atoms with Crippen LogP contribution >= 0.6 is 11.3 Å². The summed E-state index contributed by atoms with van der Waals surface area (Å²) in [6.45, 7) is 0. The van der Waals surface area contributed by atoms with Gasteiger partial charge in [-0.3, -0.25) is 4.40 Å². The second-order valence-corrected chi connectivity index (χ2v) is 5.37. The van der Waals surface area contributed by atoms with Crippen molar-refractivity contribution in [2.24, 2.45) is 0 Å². The van der Waals surface area contributed by atoms with E-state index in [2.05, 4.69) is 4.98 Å². The van der Waals surface area contributed by atoms with Crippen LogP contribution in [-0.4, -0.2) is 33.3 Å². The number of methoxy groups -OCH3 is 1. The van der Waals surface area contributed by atoms with Gasteiger partial charge in [0, 0.05) is 44.1 Å². The van der Waals surface area contributed by atoms with Crippen molar-refractivity contribution in [3.63, 3.8) is 0 Å². The van der Waals surface area contributed by atoms with Gasteiger partial charge in [-0.25, -0.2) is 4.98 Å². The molecule has 1 saturated carbocycles. The highest BCUT2D eigenvalue weighted by Gasteiger charge is 2.43. The molecule has 0 amide bonds. The average Bonchev–Trinajstić information content (AvgIpc) is 2.73. The molecule has 0 aromatic carbocycles. The van der Waals surface area contributed by atoms with E-state index in [-0.39, 0.29) is 6.10 Å². The number of fused-ring (bicyclic) bond motifs is 1. The highest BCUT2D eigenvalue weighted by Crippen LogP contribution is 2.36. The van der Waals surface area contributed by atoms with Gasteiger partial charge in [0.25, 0.3) is 0 Å². The van der Waals surface area contributed by atoms with Crippen LogP contribution in [0.3, 0.4) is 0 Å². The molecule has 86 valence electrons. The normalized spacial score (nSPS) is 29.5. The molecule has 16 heavy (non-hydrogen) atoms. The Morgan fingerprint density at radius 3 is 3.19 bits per heavy atom. The van der Waals surface area contributed by atoms with Crippen LogP contribution in [-0.2, 0) is 11.2 Å². The Morgan fingerprint density at radius 2 is 2.50 bits per heavy atom. The molecule has 0 atom stereocenters. The third-order valence-electron chi connectivity index (χ3n) is 3.20. The summed E-state index contributed by atoms with van der Waals surface area (Å²) in [6.07, 6.45) is 6.25. The second kappa shape index (κ2) is 3.55. The molecule has 1 aliphatic carbocycles. The minimum absolute atomic E-state index is 0.216. The number of rotatable bonds is 3. The summed E-state index contributed by atoms with van der Waals surface area (Å²) >= 11 is 1.61. The quantitative estimate of drug-likeness (QED) is 0.881. The van der Waals surface area contributed by atoms with Crippen molar-refractivity contribution in [3.8, 4) is 0 Å². The highest BCUT2D eigenvalue weighted by atomic mass is 32.1. The summed E-state index contributed by atoms with van der Waals surface area (Å²) < 4.78 is 7.18. The molecular weight excluding hydrogens is 224 g/mol. The van der Waals surface area contributed by atoms with E-state index in [1.54, 1.807) is 18.4 Å². The number of hydrogen-bond acceptors (Lipinski definition) is 4. The molecule has 1 fully saturated rings. The molecule has 4 nitrogen and oxygen atoms in total. The van der Waals surface area contributed by atoms with Crippen molar-refractivity contribution in [3.05, 3.63) is 23.5 Å². The first-order valence-corrected chi connectivity index (χ1v) is 6.23. The van der Waals surface area contributed by atoms with Crippen LogP contribution in [0, 0.1) is 0 Å². The number of imidazole rings is 1. The van der Waals surface area contributed by atoms with E-state index >= 15 is 0 Å². The van der Waals surface area contributed by atoms with Gasteiger partial charge in [0.2, 0.25) is 0 Å². The van der Waals surface area contributed by atoms with E-state index in [9.17, 15) is 5.11 Å². The van der Waals surface area contributed by atoms with E-state index in [0.29, 0.717) is 19.3 Å². The minimum atomic E-state index is -0.606. The van der Waals surface area contributed by atoms with Crippen LogP contribution < -0.4 is 0 Å².